The minimum atomic E-state index is 0.116. The average molecular weight is 344 g/mol. The van der Waals surface area contributed by atoms with E-state index in [0.717, 1.165) is 36.0 Å². The van der Waals surface area contributed by atoms with E-state index in [2.05, 4.69) is 52.1 Å². The molecule has 3 atom stereocenters. The Morgan fingerprint density at radius 1 is 1.32 bits per heavy atom. The van der Waals surface area contributed by atoms with Gasteiger partial charge in [-0.15, -0.1) is 10.2 Å². The van der Waals surface area contributed by atoms with Crippen LogP contribution < -0.4 is 4.90 Å². The van der Waals surface area contributed by atoms with Crippen molar-refractivity contribution in [3.05, 3.63) is 35.9 Å². The molecule has 136 valence electrons. The number of aryl methyl sites for hydroxylation is 1. The van der Waals surface area contributed by atoms with E-state index in [9.17, 15) is 0 Å². The molecule has 1 fully saturated rings. The summed E-state index contributed by atoms with van der Waals surface area (Å²) in [6, 6.07) is 0. The predicted octanol–water partition coefficient (Wildman–Crippen LogP) is 2.35. The van der Waals surface area contributed by atoms with E-state index in [0.29, 0.717) is 6.54 Å². The van der Waals surface area contributed by atoms with Crippen molar-refractivity contribution in [1.82, 2.24) is 24.5 Å². The van der Waals surface area contributed by atoms with Crippen LogP contribution in [0.1, 0.15) is 45.0 Å². The Balaban J connectivity index is 1.96. The van der Waals surface area contributed by atoms with Gasteiger partial charge < -0.3 is 9.64 Å². The Bertz CT molecular complexity index is 739. The van der Waals surface area contributed by atoms with E-state index in [1.54, 1.807) is 0 Å². The molecule has 2 aromatic rings. The van der Waals surface area contributed by atoms with Crippen LogP contribution in [0.5, 0.6) is 0 Å². The molecule has 0 aliphatic carbocycles. The van der Waals surface area contributed by atoms with Crippen molar-refractivity contribution in [1.29, 1.82) is 0 Å². The van der Waals surface area contributed by atoms with E-state index in [-0.39, 0.29) is 18.1 Å². The number of nitrogens with zero attached hydrogens (tertiary/aromatic N) is 6. The second-order valence-electron chi connectivity index (χ2n) is 7.23. The standard InChI is InChI=1S/C18H28N6O/c1-12(2)8-24-17(15(5)16-7-19-22(6)11-16)20-21-18(24)23-9-13(3)25-14(4)10-23/h7,11,13-15H,1,8-10H2,2-6H3/t13-,14+,15?. The molecule has 0 aromatic carbocycles. The zero-order valence-corrected chi connectivity index (χ0v) is 15.8. The summed E-state index contributed by atoms with van der Waals surface area (Å²) < 4.78 is 9.86. The van der Waals surface area contributed by atoms with Gasteiger partial charge in [0.2, 0.25) is 5.95 Å². The van der Waals surface area contributed by atoms with Crippen LogP contribution in [-0.4, -0.2) is 49.8 Å². The minimum absolute atomic E-state index is 0.116. The molecule has 7 nitrogen and oxygen atoms in total. The fraction of sp³-hybridized carbons (Fsp3) is 0.611. The summed E-state index contributed by atoms with van der Waals surface area (Å²) in [5.74, 6) is 1.96. The lowest BCUT2D eigenvalue weighted by Gasteiger charge is -2.36. The second kappa shape index (κ2) is 7.00. The van der Waals surface area contributed by atoms with E-state index in [4.69, 9.17) is 4.74 Å². The maximum atomic E-state index is 5.86. The number of allylic oxidation sites excluding steroid dienone is 1. The molecular weight excluding hydrogens is 316 g/mol. The van der Waals surface area contributed by atoms with Gasteiger partial charge in [0.05, 0.1) is 18.4 Å². The smallest absolute Gasteiger partial charge is 0.227 e. The highest BCUT2D eigenvalue weighted by atomic mass is 16.5. The molecule has 0 radical (unpaired) electrons. The molecule has 0 amide bonds. The summed E-state index contributed by atoms with van der Waals surface area (Å²) in [6.45, 7) is 14.8. The summed E-state index contributed by atoms with van der Waals surface area (Å²) >= 11 is 0. The molecular formula is C18H28N6O. The van der Waals surface area contributed by atoms with Gasteiger partial charge in [-0.1, -0.05) is 19.1 Å². The normalized spacial score (nSPS) is 22.2. The number of aromatic nitrogens is 5. The largest absolute Gasteiger partial charge is 0.372 e. The SMILES string of the molecule is C=C(C)Cn1c(C(C)c2cnn(C)c2)nnc1N1C[C@@H](C)O[C@@H](C)C1. The molecule has 2 aromatic heterocycles. The van der Waals surface area contributed by atoms with Gasteiger partial charge in [-0.3, -0.25) is 9.25 Å². The zero-order valence-electron chi connectivity index (χ0n) is 15.8. The highest BCUT2D eigenvalue weighted by molar-refractivity contribution is 5.35. The molecule has 1 unspecified atom stereocenters. The Morgan fingerprint density at radius 3 is 2.56 bits per heavy atom. The quantitative estimate of drug-likeness (QED) is 0.779. The highest BCUT2D eigenvalue weighted by Crippen LogP contribution is 2.27. The van der Waals surface area contributed by atoms with Crippen LogP contribution in [-0.2, 0) is 18.3 Å². The fourth-order valence-electron chi connectivity index (χ4n) is 3.44. The number of hydrogen-bond acceptors (Lipinski definition) is 5. The van der Waals surface area contributed by atoms with Gasteiger partial charge in [0.1, 0.15) is 5.82 Å². The average Bonchev–Trinajstić information content (AvgIpc) is 3.11. The number of rotatable bonds is 5. The van der Waals surface area contributed by atoms with Crippen molar-refractivity contribution in [3.63, 3.8) is 0 Å². The van der Waals surface area contributed by atoms with Crippen LogP contribution in [0.25, 0.3) is 0 Å². The van der Waals surface area contributed by atoms with Crippen molar-refractivity contribution in [2.45, 2.75) is 52.4 Å². The first-order chi connectivity index (χ1) is 11.8. The van der Waals surface area contributed by atoms with Gasteiger partial charge in [0.25, 0.3) is 0 Å². The van der Waals surface area contributed by atoms with Gasteiger partial charge in [-0.25, -0.2) is 0 Å². The van der Waals surface area contributed by atoms with Crippen LogP contribution in [0.15, 0.2) is 24.5 Å². The topological polar surface area (TPSA) is 61.0 Å². The third-order valence-electron chi connectivity index (χ3n) is 4.50. The van der Waals surface area contributed by atoms with E-state index in [1.165, 1.54) is 0 Å². The summed E-state index contributed by atoms with van der Waals surface area (Å²) in [6.07, 6.45) is 4.28. The fourth-order valence-corrected chi connectivity index (χ4v) is 3.44. The van der Waals surface area contributed by atoms with Gasteiger partial charge in [-0.05, 0) is 20.8 Å². The molecule has 0 spiro atoms. The number of hydrogen-bond donors (Lipinski definition) is 0. The Kier molecular flexibility index (Phi) is 4.94. The number of ether oxygens (including phenoxy) is 1. The van der Waals surface area contributed by atoms with Crippen molar-refractivity contribution in [2.24, 2.45) is 7.05 Å². The molecule has 0 bridgehead atoms. The summed E-state index contributed by atoms with van der Waals surface area (Å²) in [5, 5.41) is 13.3. The molecule has 3 heterocycles. The first kappa shape index (κ1) is 17.7. The molecule has 0 saturated carbocycles. The Morgan fingerprint density at radius 2 is 2.00 bits per heavy atom. The van der Waals surface area contributed by atoms with Gasteiger partial charge in [-0.2, -0.15) is 5.10 Å². The first-order valence-corrected chi connectivity index (χ1v) is 8.81. The van der Waals surface area contributed by atoms with Crippen LogP contribution in [0.3, 0.4) is 0 Å². The van der Waals surface area contributed by atoms with Gasteiger partial charge in [0, 0.05) is 44.4 Å². The Labute approximate surface area is 149 Å². The summed E-state index contributed by atoms with van der Waals surface area (Å²) in [7, 11) is 1.93. The minimum Gasteiger partial charge on any atom is -0.372 e. The maximum absolute atomic E-state index is 5.86. The molecule has 1 saturated heterocycles. The highest BCUT2D eigenvalue weighted by Gasteiger charge is 2.28. The Hall–Kier alpha value is -2.15. The summed E-state index contributed by atoms with van der Waals surface area (Å²) in [4.78, 5) is 2.27. The van der Waals surface area contributed by atoms with Crippen LogP contribution in [0.2, 0.25) is 0 Å². The third-order valence-corrected chi connectivity index (χ3v) is 4.50. The van der Waals surface area contributed by atoms with Crippen LogP contribution in [0.4, 0.5) is 5.95 Å². The lowest BCUT2D eigenvalue weighted by molar-refractivity contribution is -0.00591. The van der Waals surface area contributed by atoms with Gasteiger partial charge in [0.15, 0.2) is 0 Å². The molecule has 3 rings (SSSR count). The van der Waals surface area contributed by atoms with E-state index in [1.807, 2.05) is 31.0 Å². The zero-order chi connectivity index (χ0) is 18.1. The third kappa shape index (κ3) is 3.76. The van der Waals surface area contributed by atoms with Gasteiger partial charge >= 0.3 is 0 Å². The van der Waals surface area contributed by atoms with Crippen LogP contribution >= 0.6 is 0 Å². The van der Waals surface area contributed by atoms with E-state index < -0.39 is 0 Å². The number of anilines is 1. The predicted molar refractivity (Wildman–Crippen MR) is 97.8 cm³/mol. The lowest BCUT2D eigenvalue weighted by atomic mass is 10.0. The molecule has 7 heteroatoms. The second-order valence-corrected chi connectivity index (χ2v) is 7.23. The van der Waals surface area contributed by atoms with Crippen LogP contribution in [0, 0.1) is 0 Å². The lowest BCUT2D eigenvalue weighted by Crippen LogP contribution is -2.46. The number of morpholine rings is 1. The molecule has 1 aliphatic heterocycles. The van der Waals surface area contributed by atoms with Crippen molar-refractivity contribution < 1.29 is 4.74 Å². The molecule has 1 aliphatic rings. The maximum Gasteiger partial charge on any atom is 0.227 e. The van der Waals surface area contributed by atoms with Crippen molar-refractivity contribution in [2.75, 3.05) is 18.0 Å². The first-order valence-electron chi connectivity index (χ1n) is 8.81. The monoisotopic (exact) mass is 344 g/mol. The van der Waals surface area contributed by atoms with E-state index >= 15 is 0 Å². The molecule has 0 N–H and O–H groups in total. The van der Waals surface area contributed by atoms with Crippen molar-refractivity contribution in [3.8, 4) is 0 Å². The molecule has 25 heavy (non-hydrogen) atoms. The summed E-state index contributed by atoms with van der Waals surface area (Å²) in [5.41, 5.74) is 2.21. The van der Waals surface area contributed by atoms with Crippen molar-refractivity contribution >= 4 is 5.95 Å².